The fourth-order valence-electron chi connectivity index (χ4n) is 2.98. The molecule has 2 N–H and O–H groups in total. The van der Waals surface area contributed by atoms with Crippen molar-refractivity contribution in [3.63, 3.8) is 0 Å². The normalized spacial score (nSPS) is 11.8. The minimum atomic E-state index is -0.540. The first-order valence-electron chi connectivity index (χ1n) is 9.63. The van der Waals surface area contributed by atoms with Gasteiger partial charge in [0.05, 0.1) is 24.5 Å². The van der Waals surface area contributed by atoms with Gasteiger partial charge in [0.25, 0.3) is 5.91 Å². The maximum Gasteiger partial charge on any atom is 0.253 e. The van der Waals surface area contributed by atoms with Crippen LogP contribution in [0.5, 0.6) is 5.88 Å². The highest BCUT2D eigenvalue weighted by molar-refractivity contribution is 5.94. The average Bonchev–Trinajstić information content (AvgIpc) is 3.22. The third kappa shape index (κ3) is 4.46. The second kappa shape index (κ2) is 8.80. The topological polar surface area (TPSA) is 103 Å². The molecule has 0 aliphatic rings. The van der Waals surface area contributed by atoms with Crippen LogP contribution in [0.1, 0.15) is 6.92 Å². The second-order valence-electron chi connectivity index (χ2n) is 6.80. The van der Waals surface area contributed by atoms with Crippen LogP contribution in [0.2, 0.25) is 0 Å². The largest absolute Gasteiger partial charge is 0.481 e. The van der Waals surface area contributed by atoms with Crippen molar-refractivity contribution in [2.45, 2.75) is 13.0 Å². The van der Waals surface area contributed by atoms with E-state index in [0.717, 1.165) is 22.5 Å². The Morgan fingerprint density at radius 3 is 2.61 bits per heavy atom. The van der Waals surface area contributed by atoms with Gasteiger partial charge in [0.1, 0.15) is 6.10 Å². The Labute approximate surface area is 179 Å². The molecule has 0 aliphatic heterocycles. The summed E-state index contributed by atoms with van der Waals surface area (Å²) >= 11 is 0. The van der Waals surface area contributed by atoms with Gasteiger partial charge in [-0.3, -0.25) is 4.79 Å². The third-order valence-corrected chi connectivity index (χ3v) is 4.75. The lowest BCUT2D eigenvalue weighted by molar-refractivity contribution is -0.124. The molecule has 0 fully saturated rings. The molecule has 1 atom stereocenters. The summed E-state index contributed by atoms with van der Waals surface area (Å²) in [6, 6.07) is 14.9. The first kappa shape index (κ1) is 20.3. The van der Waals surface area contributed by atoms with Crippen LogP contribution >= 0.6 is 0 Å². The van der Waals surface area contributed by atoms with Crippen molar-refractivity contribution < 1.29 is 14.3 Å². The number of nitrogens with zero attached hydrogens (tertiary/aromatic N) is 4. The molecular formula is C22H22N6O3. The van der Waals surface area contributed by atoms with Crippen molar-refractivity contribution >= 4 is 28.7 Å². The fourth-order valence-corrected chi connectivity index (χ4v) is 2.98. The van der Waals surface area contributed by atoms with Crippen LogP contribution in [-0.2, 0) is 9.53 Å². The van der Waals surface area contributed by atoms with Gasteiger partial charge >= 0.3 is 0 Å². The Kier molecular flexibility index (Phi) is 5.76. The van der Waals surface area contributed by atoms with Gasteiger partial charge in [-0.25, -0.2) is 14.5 Å². The van der Waals surface area contributed by atoms with E-state index in [4.69, 9.17) is 9.47 Å². The minimum absolute atomic E-state index is 0.220. The summed E-state index contributed by atoms with van der Waals surface area (Å²) in [7, 11) is 3.08. The van der Waals surface area contributed by atoms with Gasteiger partial charge in [-0.05, 0) is 43.3 Å². The predicted molar refractivity (Wildman–Crippen MR) is 118 cm³/mol. The zero-order valence-electron chi connectivity index (χ0n) is 17.4. The molecule has 31 heavy (non-hydrogen) atoms. The number of fused-ring (bicyclic) bond motifs is 1. The van der Waals surface area contributed by atoms with Gasteiger partial charge in [0, 0.05) is 36.3 Å². The number of ether oxygens (including phenoxy) is 2. The smallest absolute Gasteiger partial charge is 0.253 e. The zero-order valence-corrected chi connectivity index (χ0v) is 17.4. The lowest BCUT2D eigenvalue weighted by Crippen LogP contribution is -2.26. The number of amides is 1. The molecule has 158 valence electrons. The molecule has 0 spiro atoms. The molecule has 0 aliphatic carbocycles. The van der Waals surface area contributed by atoms with Crippen LogP contribution in [0.4, 0.5) is 17.3 Å². The molecule has 0 saturated heterocycles. The van der Waals surface area contributed by atoms with Crippen LogP contribution in [-0.4, -0.2) is 45.8 Å². The molecule has 1 aromatic carbocycles. The number of hydrogen-bond acceptors (Lipinski definition) is 7. The summed E-state index contributed by atoms with van der Waals surface area (Å²) in [6.07, 6.45) is 2.94. The maximum atomic E-state index is 12.0. The van der Waals surface area contributed by atoms with Gasteiger partial charge in [0.2, 0.25) is 11.8 Å². The van der Waals surface area contributed by atoms with Gasteiger partial charge in [-0.15, -0.1) is 5.10 Å². The van der Waals surface area contributed by atoms with E-state index in [0.29, 0.717) is 17.5 Å². The van der Waals surface area contributed by atoms with Gasteiger partial charge in [-0.2, -0.15) is 0 Å². The number of methoxy groups -OCH3 is 2. The second-order valence-corrected chi connectivity index (χ2v) is 6.80. The predicted octanol–water partition coefficient (Wildman–Crippen LogP) is 3.52. The zero-order chi connectivity index (χ0) is 21.8. The Morgan fingerprint density at radius 1 is 1.03 bits per heavy atom. The maximum absolute atomic E-state index is 12.0. The molecule has 4 rings (SSSR count). The Balaban J connectivity index is 1.58. The summed E-state index contributed by atoms with van der Waals surface area (Å²) in [4.78, 5) is 20.7. The molecule has 4 aromatic rings. The lowest BCUT2D eigenvalue weighted by atomic mass is 10.2. The van der Waals surface area contributed by atoms with E-state index in [1.165, 1.54) is 7.11 Å². The van der Waals surface area contributed by atoms with Gasteiger partial charge in [0.15, 0.2) is 0 Å². The molecule has 3 heterocycles. The number of carbonyl (C=O) groups is 1. The Morgan fingerprint density at radius 2 is 1.87 bits per heavy atom. The third-order valence-electron chi connectivity index (χ3n) is 4.75. The van der Waals surface area contributed by atoms with Crippen molar-refractivity contribution in [2.24, 2.45) is 0 Å². The van der Waals surface area contributed by atoms with Crippen LogP contribution in [0.3, 0.4) is 0 Å². The molecule has 0 bridgehead atoms. The van der Waals surface area contributed by atoms with Crippen molar-refractivity contribution in [2.75, 3.05) is 24.9 Å². The van der Waals surface area contributed by atoms with E-state index >= 15 is 0 Å². The van der Waals surface area contributed by atoms with Crippen molar-refractivity contribution in [3.05, 3.63) is 60.9 Å². The van der Waals surface area contributed by atoms with Crippen LogP contribution < -0.4 is 15.4 Å². The molecule has 9 nitrogen and oxygen atoms in total. The first-order chi connectivity index (χ1) is 15.1. The number of anilines is 3. The van der Waals surface area contributed by atoms with E-state index in [-0.39, 0.29) is 5.91 Å². The number of pyridine rings is 1. The highest BCUT2D eigenvalue weighted by atomic mass is 16.5. The first-order valence-corrected chi connectivity index (χ1v) is 9.63. The molecule has 1 amide bonds. The quantitative estimate of drug-likeness (QED) is 0.473. The fraction of sp³-hybridized carbons (Fsp3) is 0.182. The monoisotopic (exact) mass is 418 g/mol. The standard InChI is InChI=1S/C22H22N6O3/c1-14(30-2)21(29)25-16-5-4-6-17(11-16)26-22-24-13-18-8-9-19(28(18)27-22)15-7-10-20(31-3)23-12-15/h4-14H,1-3H3,(H,25,29)(H,26,27)/t14-/m1/s1. The van der Waals surface area contributed by atoms with E-state index in [1.54, 1.807) is 49.1 Å². The van der Waals surface area contributed by atoms with Crippen LogP contribution in [0.25, 0.3) is 16.8 Å². The summed E-state index contributed by atoms with van der Waals surface area (Å²) in [5.41, 5.74) is 4.02. The van der Waals surface area contributed by atoms with E-state index in [1.807, 2.05) is 30.3 Å². The SMILES string of the molecule is COc1ccc(-c2ccc3cnc(Nc4cccc(NC(=O)[C@@H](C)OC)c4)nn23)cn1. The number of carbonyl (C=O) groups excluding carboxylic acids is 1. The Hall–Kier alpha value is -3.98. The molecule has 0 unspecified atom stereocenters. The molecule has 0 saturated carbocycles. The molecule has 0 radical (unpaired) electrons. The van der Waals surface area contributed by atoms with Crippen molar-refractivity contribution in [1.29, 1.82) is 0 Å². The lowest BCUT2D eigenvalue weighted by Gasteiger charge is -2.12. The van der Waals surface area contributed by atoms with Gasteiger partial charge in [-0.1, -0.05) is 6.07 Å². The van der Waals surface area contributed by atoms with Crippen molar-refractivity contribution in [3.8, 4) is 17.1 Å². The number of nitrogens with one attached hydrogen (secondary N) is 2. The minimum Gasteiger partial charge on any atom is -0.481 e. The Bertz CT molecular complexity index is 1210. The van der Waals surface area contributed by atoms with E-state index < -0.39 is 6.10 Å². The highest BCUT2D eigenvalue weighted by Crippen LogP contribution is 2.24. The van der Waals surface area contributed by atoms with E-state index in [9.17, 15) is 4.79 Å². The summed E-state index contributed by atoms with van der Waals surface area (Å²) in [5.74, 6) is 0.746. The van der Waals surface area contributed by atoms with Crippen molar-refractivity contribution in [1.82, 2.24) is 19.6 Å². The number of aromatic nitrogens is 4. The summed E-state index contributed by atoms with van der Waals surface area (Å²) in [5, 5.41) is 10.6. The number of rotatable bonds is 7. The highest BCUT2D eigenvalue weighted by Gasteiger charge is 2.12. The summed E-state index contributed by atoms with van der Waals surface area (Å²) < 4.78 is 12.0. The average molecular weight is 418 g/mol. The van der Waals surface area contributed by atoms with Crippen LogP contribution in [0.15, 0.2) is 60.9 Å². The number of hydrogen-bond donors (Lipinski definition) is 2. The van der Waals surface area contributed by atoms with E-state index in [2.05, 4.69) is 25.7 Å². The molecule has 3 aromatic heterocycles. The van der Waals surface area contributed by atoms with Crippen LogP contribution in [0, 0.1) is 0 Å². The van der Waals surface area contributed by atoms with Gasteiger partial charge < -0.3 is 20.1 Å². The molecular weight excluding hydrogens is 396 g/mol. The molecule has 9 heteroatoms. The summed E-state index contributed by atoms with van der Waals surface area (Å²) in [6.45, 7) is 1.69. The number of benzene rings is 1.